The van der Waals surface area contributed by atoms with Crippen LogP contribution in [0.15, 0.2) is 42.5 Å². The van der Waals surface area contributed by atoms with Crippen LogP contribution in [0.4, 0.5) is 10.1 Å². The van der Waals surface area contributed by atoms with Gasteiger partial charge in [-0.2, -0.15) is 0 Å². The SMILES string of the molecule is CCc1ccc(C(C)Nc2cc(C)cc(F)c2)cc1. The summed E-state index contributed by atoms with van der Waals surface area (Å²) in [5, 5.41) is 3.34. The van der Waals surface area contributed by atoms with Gasteiger partial charge in [0, 0.05) is 11.7 Å². The number of hydrogen-bond donors (Lipinski definition) is 1. The molecule has 0 radical (unpaired) electrons. The molecule has 0 spiro atoms. The maximum atomic E-state index is 13.3. The molecular weight excluding hydrogens is 237 g/mol. The van der Waals surface area contributed by atoms with Gasteiger partial charge in [0.2, 0.25) is 0 Å². The van der Waals surface area contributed by atoms with Crippen molar-refractivity contribution in [3.63, 3.8) is 0 Å². The first-order valence-electron chi connectivity index (χ1n) is 6.71. The molecule has 100 valence electrons. The number of anilines is 1. The molecule has 1 unspecified atom stereocenters. The lowest BCUT2D eigenvalue weighted by atomic mass is 10.0. The van der Waals surface area contributed by atoms with Crippen molar-refractivity contribution in [2.45, 2.75) is 33.2 Å². The molecule has 2 rings (SSSR count). The summed E-state index contributed by atoms with van der Waals surface area (Å²) in [7, 11) is 0. The second kappa shape index (κ2) is 5.87. The molecule has 2 aromatic carbocycles. The van der Waals surface area contributed by atoms with Crippen molar-refractivity contribution in [2.24, 2.45) is 0 Å². The van der Waals surface area contributed by atoms with Gasteiger partial charge in [-0.1, -0.05) is 31.2 Å². The largest absolute Gasteiger partial charge is 0.378 e. The van der Waals surface area contributed by atoms with E-state index in [9.17, 15) is 4.39 Å². The predicted molar refractivity (Wildman–Crippen MR) is 79.0 cm³/mol. The number of benzene rings is 2. The number of aryl methyl sites for hydroxylation is 2. The van der Waals surface area contributed by atoms with Gasteiger partial charge < -0.3 is 5.32 Å². The number of halogens is 1. The Bertz CT molecular complexity index is 525. The van der Waals surface area contributed by atoms with Crippen LogP contribution in [-0.2, 0) is 6.42 Å². The van der Waals surface area contributed by atoms with E-state index in [1.54, 1.807) is 0 Å². The van der Waals surface area contributed by atoms with Gasteiger partial charge in [-0.3, -0.25) is 0 Å². The van der Waals surface area contributed by atoms with Crippen LogP contribution in [0.5, 0.6) is 0 Å². The second-order valence-corrected chi connectivity index (χ2v) is 4.98. The summed E-state index contributed by atoms with van der Waals surface area (Å²) >= 11 is 0. The van der Waals surface area contributed by atoms with Crippen LogP contribution in [0, 0.1) is 12.7 Å². The predicted octanol–water partition coefficient (Wildman–Crippen LogP) is 4.87. The van der Waals surface area contributed by atoms with Gasteiger partial charge in [0.05, 0.1) is 0 Å². The van der Waals surface area contributed by atoms with Gasteiger partial charge in [0.15, 0.2) is 0 Å². The Kier molecular flexibility index (Phi) is 4.20. The van der Waals surface area contributed by atoms with E-state index in [1.807, 2.05) is 13.0 Å². The van der Waals surface area contributed by atoms with Crippen LogP contribution >= 0.6 is 0 Å². The third kappa shape index (κ3) is 3.57. The van der Waals surface area contributed by atoms with Crippen LogP contribution in [0.25, 0.3) is 0 Å². The highest BCUT2D eigenvalue weighted by atomic mass is 19.1. The standard InChI is InChI=1S/C17H20FN/c1-4-14-5-7-15(8-6-14)13(3)19-17-10-12(2)9-16(18)11-17/h5-11,13,19H,4H2,1-3H3. The molecule has 1 nitrogen and oxygen atoms in total. The number of hydrogen-bond acceptors (Lipinski definition) is 1. The zero-order valence-corrected chi connectivity index (χ0v) is 11.7. The quantitative estimate of drug-likeness (QED) is 0.824. The monoisotopic (exact) mass is 257 g/mol. The maximum absolute atomic E-state index is 13.3. The summed E-state index contributed by atoms with van der Waals surface area (Å²) in [4.78, 5) is 0. The lowest BCUT2D eigenvalue weighted by Crippen LogP contribution is -2.07. The summed E-state index contributed by atoms with van der Waals surface area (Å²) in [6.07, 6.45) is 1.05. The Morgan fingerprint density at radius 3 is 2.37 bits per heavy atom. The molecule has 0 aliphatic heterocycles. The van der Waals surface area contributed by atoms with Crippen LogP contribution in [0.2, 0.25) is 0 Å². The van der Waals surface area contributed by atoms with Gasteiger partial charge in [0.1, 0.15) is 5.82 Å². The average Bonchev–Trinajstić information content (AvgIpc) is 2.37. The van der Waals surface area contributed by atoms with E-state index in [1.165, 1.54) is 23.3 Å². The van der Waals surface area contributed by atoms with E-state index in [0.717, 1.165) is 17.7 Å². The molecule has 0 fully saturated rings. The first-order chi connectivity index (χ1) is 9.08. The Morgan fingerprint density at radius 1 is 1.11 bits per heavy atom. The molecule has 1 N–H and O–H groups in total. The number of nitrogens with one attached hydrogen (secondary N) is 1. The van der Waals surface area contributed by atoms with Gasteiger partial charge in [-0.25, -0.2) is 4.39 Å². The third-order valence-electron chi connectivity index (χ3n) is 3.31. The van der Waals surface area contributed by atoms with Crippen LogP contribution < -0.4 is 5.32 Å². The summed E-state index contributed by atoms with van der Waals surface area (Å²) in [5.74, 6) is -0.198. The van der Waals surface area contributed by atoms with Crippen molar-refractivity contribution in [1.82, 2.24) is 0 Å². The lowest BCUT2D eigenvalue weighted by molar-refractivity contribution is 0.626. The molecule has 0 saturated carbocycles. The Balaban J connectivity index is 2.13. The van der Waals surface area contributed by atoms with Crippen molar-refractivity contribution >= 4 is 5.69 Å². The van der Waals surface area contributed by atoms with E-state index < -0.39 is 0 Å². The van der Waals surface area contributed by atoms with E-state index in [0.29, 0.717) is 0 Å². The summed E-state index contributed by atoms with van der Waals surface area (Å²) in [6.45, 7) is 6.13. The van der Waals surface area contributed by atoms with Crippen LogP contribution in [0.1, 0.15) is 36.6 Å². The molecule has 0 bridgehead atoms. The smallest absolute Gasteiger partial charge is 0.125 e. The fourth-order valence-corrected chi connectivity index (χ4v) is 2.20. The van der Waals surface area contributed by atoms with Gasteiger partial charge in [-0.05, 0) is 55.2 Å². The molecule has 0 saturated heterocycles. The normalized spacial score (nSPS) is 12.2. The topological polar surface area (TPSA) is 12.0 Å². The first-order valence-corrected chi connectivity index (χ1v) is 6.71. The fraction of sp³-hybridized carbons (Fsp3) is 0.294. The van der Waals surface area contributed by atoms with Crippen molar-refractivity contribution in [3.8, 4) is 0 Å². The second-order valence-electron chi connectivity index (χ2n) is 4.98. The number of rotatable bonds is 4. The molecular formula is C17H20FN. The Hall–Kier alpha value is -1.83. The molecule has 2 aromatic rings. The van der Waals surface area contributed by atoms with Crippen molar-refractivity contribution in [1.29, 1.82) is 0 Å². The van der Waals surface area contributed by atoms with Crippen LogP contribution in [0.3, 0.4) is 0 Å². The summed E-state index contributed by atoms with van der Waals surface area (Å²) in [5.41, 5.74) is 4.29. The van der Waals surface area contributed by atoms with Gasteiger partial charge in [0.25, 0.3) is 0 Å². The summed E-state index contributed by atoms with van der Waals surface area (Å²) in [6, 6.07) is 13.7. The molecule has 1 atom stereocenters. The minimum absolute atomic E-state index is 0.159. The fourth-order valence-electron chi connectivity index (χ4n) is 2.20. The highest BCUT2D eigenvalue weighted by Gasteiger charge is 2.06. The molecule has 19 heavy (non-hydrogen) atoms. The first kappa shape index (κ1) is 13.6. The van der Waals surface area contributed by atoms with E-state index in [2.05, 4.69) is 43.4 Å². The third-order valence-corrected chi connectivity index (χ3v) is 3.31. The van der Waals surface area contributed by atoms with E-state index >= 15 is 0 Å². The Morgan fingerprint density at radius 2 is 1.79 bits per heavy atom. The van der Waals surface area contributed by atoms with Crippen molar-refractivity contribution < 1.29 is 4.39 Å². The van der Waals surface area contributed by atoms with Crippen LogP contribution in [-0.4, -0.2) is 0 Å². The maximum Gasteiger partial charge on any atom is 0.125 e. The molecule has 2 heteroatoms. The molecule has 0 aliphatic rings. The highest BCUT2D eigenvalue weighted by Crippen LogP contribution is 2.21. The van der Waals surface area contributed by atoms with Crippen molar-refractivity contribution in [3.05, 3.63) is 65.0 Å². The molecule has 0 heterocycles. The summed E-state index contributed by atoms with van der Waals surface area (Å²) < 4.78 is 13.3. The minimum atomic E-state index is -0.198. The highest BCUT2D eigenvalue weighted by molar-refractivity contribution is 5.48. The van der Waals surface area contributed by atoms with E-state index in [4.69, 9.17) is 0 Å². The molecule has 0 aliphatic carbocycles. The van der Waals surface area contributed by atoms with Gasteiger partial charge in [-0.15, -0.1) is 0 Å². The van der Waals surface area contributed by atoms with E-state index in [-0.39, 0.29) is 11.9 Å². The molecule has 0 amide bonds. The van der Waals surface area contributed by atoms with Gasteiger partial charge >= 0.3 is 0 Å². The zero-order valence-electron chi connectivity index (χ0n) is 11.7. The zero-order chi connectivity index (χ0) is 13.8. The minimum Gasteiger partial charge on any atom is -0.378 e. The van der Waals surface area contributed by atoms with Crippen molar-refractivity contribution in [2.75, 3.05) is 5.32 Å². The molecule has 0 aromatic heterocycles. The average molecular weight is 257 g/mol. The lowest BCUT2D eigenvalue weighted by Gasteiger charge is -2.16. The Labute approximate surface area is 114 Å².